The van der Waals surface area contributed by atoms with Gasteiger partial charge in [0.05, 0.1) is 12.0 Å². The Labute approximate surface area is 173 Å². The van der Waals surface area contributed by atoms with Gasteiger partial charge in [-0.25, -0.2) is 4.39 Å². The van der Waals surface area contributed by atoms with Crippen molar-refractivity contribution in [2.24, 2.45) is 45.8 Å². The number of carboxylic acids is 1. The summed E-state index contributed by atoms with van der Waals surface area (Å²) in [7, 11) is 0. The minimum absolute atomic E-state index is 0.0127. The number of aliphatic carboxylic acids is 1. The molecule has 0 aromatic carbocycles. The molecule has 0 amide bonds. The van der Waals surface area contributed by atoms with Gasteiger partial charge >= 0.3 is 5.97 Å². The van der Waals surface area contributed by atoms with Crippen molar-refractivity contribution in [3.63, 3.8) is 0 Å². The first kappa shape index (κ1) is 21.0. The number of rotatable bonds is 8. The summed E-state index contributed by atoms with van der Waals surface area (Å²) in [5, 5.41) is 10.8. The van der Waals surface area contributed by atoms with Gasteiger partial charge in [-0.3, -0.25) is 4.79 Å². The lowest BCUT2D eigenvalue weighted by atomic mass is 9.43. The van der Waals surface area contributed by atoms with E-state index in [0.29, 0.717) is 32.5 Å². The van der Waals surface area contributed by atoms with E-state index in [9.17, 15) is 19.1 Å². The summed E-state index contributed by atoms with van der Waals surface area (Å²) in [6.07, 6.45) is 5.54. The first-order valence-corrected chi connectivity index (χ1v) is 11.4. The fourth-order valence-corrected chi connectivity index (χ4v) is 8.07. The minimum atomic E-state index is -1.27. The van der Waals surface area contributed by atoms with Crippen molar-refractivity contribution in [2.45, 2.75) is 66.0 Å². The molecule has 5 heteroatoms. The highest BCUT2D eigenvalue weighted by Crippen LogP contribution is 2.82. The van der Waals surface area contributed by atoms with E-state index >= 15 is 0 Å². The molecule has 0 aliphatic heterocycles. The molecule has 0 spiro atoms. The number of carbonyl (C=O) groups excluding carboxylic acids is 1. The van der Waals surface area contributed by atoms with Crippen LogP contribution in [0.3, 0.4) is 0 Å². The van der Waals surface area contributed by atoms with Gasteiger partial charge in [-0.1, -0.05) is 45.8 Å². The van der Waals surface area contributed by atoms with Crippen molar-refractivity contribution in [1.82, 2.24) is 0 Å². The number of unbranched alkanes of at least 4 members (excludes halogenated alkanes) is 1. The lowest BCUT2D eigenvalue weighted by Crippen LogP contribution is -2.63. The third kappa shape index (κ3) is 2.29. The molecule has 4 nitrogen and oxygen atoms in total. The van der Waals surface area contributed by atoms with E-state index in [1.165, 1.54) is 0 Å². The molecule has 0 radical (unpaired) electrons. The van der Waals surface area contributed by atoms with Crippen molar-refractivity contribution < 1.29 is 23.8 Å². The number of alkyl halides is 1. The minimum Gasteiger partial charge on any atom is -0.481 e. The second-order valence-electron chi connectivity index (χ2n) is 10.4. The number of allylic oxidation sites excluding steroid dienone is 1. The van der Waals surface area contributed by atoms with Crippen LogP contribution in [0.4, 0.5) is 4.39 Å². The molecule has 162 valence electrons. The monoisotopic (exact) mass is 406 g/mol. The Morgan fingerprint density at radius 1 is 1.41 bits per heavy atom. The zero-order valence-corrected chi connectivity index (χ0v) is 18.1. The van der Waals surface area contributed by atoms with E-state index in [2.05, 4.69) is 13.0 Å². The van der Waals surface area contributed by atoms with Crippen molar-refractivity contribution in [3.8, 4) is 0 Å². The zero-order chi connectivity index (χ0) is 21.2. The van der Waals surface area contributed by atoms with Gasteiger partial charge in [-0.05, 0) is 55.3 Å². The summed E-state index contributed by atoms with van der Waals surface area (Å²) in [6.45, 7) is 9.02. The zero-order valence-electron chi connectivity index (χ0n) is 18.1. The second kappa shape index (κ2) is 6.90. The normalized spacial score (nSPS) is 47.4. The number of carboxylic acid groups (broad SMARTS) is 1. The van der Waals surface area contributed by atoms with Crippen molar-refractivity contribution >= 4 is 12.3 Å². The maximum absolute atomic E-state index is 14.8. The van der Waals surface area contributed by atoms with Gasteiger partial charge in [-0.2, -0.15) is 0 Å². The van der Waals surface area contributed by atoms with E-state index in [1.807, 2.05) is 20.8 Å². The molecule has 29 heavy (non-hydrogen) atoms. The van der Waals surface area contributed by atoms with Crippen LogP contribution in [0.25, 0.3) is 0 Å². The Balaban J connectivity index is 1.89. The van der Waals surface area contributed by atoms with Crippen molar-refractivity contribution in [1.29, 1.82) is 0 Å². The van der Waals surface area contributed by atoms with Crippen LogP contribution >= 0.6 is 0 Å². The first-order chi connectivity index (χ1) is 13.7. The Kier molecular flexibility index (Phi) is 5.00. The third-order valence-electron chi connectivity index (χ3n) is 9.18. The molecular formula is C24H35FO4. The molecule has 0 aromatic rings. The van der Waals surface area contributed by atoms with Crippen LogP contribution in [0, 0.1) is 45.8 Å². The summed E-state index contributed by atoms with van der Waals surface area (Å²) in [6, 6.07) is 0. The van der Waals surface area contributed by atoms with E-state index in [1.54, 1.807) is 0 Å². The van der Waals surface area contributed by atoms with E-state index in [0.717, 1.165) is 24.7 Å². The molecule has 4 aliphatic rings. The largest absolute Gasteiger partial charge is 0.481 e. The average Bonchev–Trinajstić information content (AvgIpc) is 3.20. The molecule has 0 aromatic heterocycles. The van der Waals surface area contributed by atoms with Crippen LogP contribution in [0.1, 0.15) is 59.8 Å². The summed E-state index contributed by atoms with van der Waals surface area (Å²) in [5.41, 5.74) is -2.06. The van der Waals surface area contributed by atoms with Gasteiger partial charge in [0.25, 0.3) is 0 Å². The molecule has 4 aliphatic carbocycles. The maximum Gasteiger partial charge on any atom is 0.315 e. The van der Waals surface area contributed by atoms with Crippen LogP contribution in [-0.4, -0.2) is 36.7 Å². The predicted octanol–water partition coefficient (Wildman–Crippen LogP) is 4.68. The van der Waals surface area contributed by atoms with Crippen molar-refractivity contribution in [2.75, 3.05) is 13.2 Å². The molecular weight excluding hydrogens is 371 g/mol. The van der Waals surface area contributed by atoms with Crippen molar-refractivity contribution in [3.05, 3.63) is 11.6 Å². The number of ether oxygens (including phenoxy) is 1. The lowest BCUT2D eigenvalue weighted by molar-refractivity contribution is -0.186. The summed E-state index contributed by atoms with van der Waals surface area (Å²) < 4.78 is 21.0. The Morgan fingerprint density at radius 2 is 2.14 bits per heavy atom. The number of fused-ring (bicyclic) bond motifs is 2. The molecule has 1 N–H and O–H groups in total. The molecule has 3 fully saturated rings. The molecule has 3 saturated carbocycles. The Morgan fingerprint density at radius 3 is 2.72 bits per heavy atom. The van der Waals surface area contributed by atoms with E-state index < -0.39 is 28.4 Å². The first-order valence-electron chi connectivity index (χ1n) is 11.4. The number of hydrogen-bond donors (Lipinski definition) is 1. The summed E-state index contributed by atoms with van der Waals surface area (Å²) >= 11 is 0. The van der Waals surface area contributed by atoms with Crippen LogP contribution in [0.5, 0.6) is 0 Å². The number of carbonyl (C=O) groups is 2. The topological polar surface area (TPSA) is 63.6 Å². The van der Waals surface area contributed by atoms with E-state index in [-0.39, 0.29) is 29.6 Å². The standard InChI is InChI=1S/C24H35FO4/c1-5-6-7-29-13-23-11-17-15(4)20(25)9-19(17)22(12-26)10-16(23)8-18(14(2)3)24(22,23)21(27)28/h8,12,14-17,19-20H,5-7,9-11,13H2,1-4H3,(H,27,28)/t15?,16-,17?,19?,20?,22-,23-,24-/m0/s1. The van der Waals surface area contributed by atoms with Crippen LogP contribution in [0.2, 0.25) is 0 Å². The third-order valence-corrected chi connectivity index (χ3v) is 9.18. The van der Waals surface area contributed by atoms with Gasteiger partial charge in [0.2, 0.25) is 0 Å². The summed E-state index contributed by atoms with van der Waals surface area (Å²) in [4.78, 5) is 26.0. The second-order valence-corrected chi connectivity index (χ2v) is 10.4. The van der Waals surface area contributed by atoms with Gasteiger partial charge in [0, 0.05) is 12.0 Å². The fourth-order valence-electron chi connectivity index (χ4n) is 8.07. The molecule has 4 unspecified atom stereocenters. The molecule has 0 heterocycles. The van der Waals surface area contributed by atoms with Crippen LogP contribution in [0.15, 0.2) is 11.6 Å². The Bertz CT molecular complexity index is 732. The van der Waals surface area contributed by atoms with Gasteiger partial charge in [0.15, 0.2) is 0 Å². The summed E-state index contributed by atoms with van der Waals surface area (Å²) in [5.74, 6) is -1.15. The van der Waals surface area contributed by atoms with Gasteiger partial charge in [-0.15, -0.1) is 0 Å². The maximum atomic E-state index is 14.8. The predicted molar refractivity (Wildman–Crippen MR) is 108 cm³/mol. The highest BCUT2D eigenvalue weighted by atomic mass is 19.1. The number of aldehydes is 1. The average molecular weight is 407 g/mol. The van der Waals surface area contributed by atoms with Crippen LogP contribution in [-0.2, 0) is 14.3 Å². The van der Waals surface area contributed by atoms with Gasteiger partial charge in [0.1, 0.15) is 17.9 Å². The van der Waals surface area contributed by atoms with E-state index in [4.69, 9.17) is 4.74 Å². The number of hydrogen-bond acceptors (Lipinski definition) is 3. The highest BCUT2D eigenvalue weighted by Gasteiger charge is 2.84. The molecule has 8 atom stereocenters. The SMILES string of the molecule is CCCCOC[C@@]12CC3C(C)C(F)CC3[C@@]3(C=O)C[C@@H]1C=C(C(C)C)[C@@]23C(=O)O. The quantitative estimate of drug-likeness (QED) is 0.361. The molecule has 4 rings (SSSR count). The smallest absolute Gasteiger partial charge is 0.315 e. The molecule has 0 saturated heterocycles. The lowest BCUT2D eigenvalue weighted by Gasteiger charge is -2.58. The number of halogens is 1. The fraction of sp³-hybridized carbons (Fsp3) is 0.833. The van der Waals surface area contributed by atoms with Gasteiger partial charge < -0.3 is 14.6 Å². The Hall–Kier alpha value is -1.23. The van der Waals surface area contributed by atoms with Crippen LogP contribution < -0.4 is 0 Å². The highest BCUT2D eigenvalue weighted by molar-refractivity contribution is 5.90. The molecule has 4 bridgehead atoms.